The maximum Gasteiger partial charge on any atom is 0.264 e. The number of halogens is 1. The molecule has 1 heterocycles. The summed E-state index contributed by atoms with van der Waals surface area (Å²) in [6, 6.07) is 2.33. The fraction of sp³-hybridized carbons (Fsp3) is 0.500. The van der Waals surface area contributed by atoms with E-state index in [1.807, 2.05) is 0 Å². The fourth-order valence-electron chi connectivity index (χ4n) is 1.51. The highest BCUT2D eigenvalue weighted by molar-refractivity contribution is 7.89. The van der Waals surface area contributed by atoms with Crippen molar-refractivity contribution >= 4 is 15.9 Å². The van der Waals surface area contributed by atoms with Crippen molar-refractivity contribution in [3.05, 3.63) is 24.1 Å². The molecule has 0 radical (unpaired) electrons. The smallest absolute Gasteiger partial charge is 0.264 e. The number of sulfonamides is 1. The predicted molar refractivity (Wildman–Crippen MR) is 71.9 cm³/mol. The van der Waals surface area contributed by atoms with Crippen LogP contribution in [-0.4, -0.2) is 55.7 Å². The molecular formula is C12H18FN3O3S. The number of likely N-dealkylation sites (N-methyl/N-ethyl adjacent to an activating group) is 1. The van der Waals surface area contributed by atoms with Crippen LogP contribution in [0.5, 0.6) is 0 Å². The van der Waals surface area contributed by atoms with E-state index in [1.165, 1.54) is 31.3 Å². The van der Waals surface area contributed by atoms with Crippen LogP contribution in [-0.2, 0) is 14.8 Å². The van der Waals surface area contributed by atoms with Crippen LogP contribution in [0.2, 0.25) is 0 Å². The van der Waals surface area contributed by atoms with Crippen molar-refractivity contribution in [3.63, 3.8) is 0 Å². The summed E-state index contributed by atoms with van der Waals surface area (Å²) in [6.07, 6.45) is 1.71. The number of rotatable bonds is 6. The molecule has 1 aromatic rings. The molecule has 0 fully saturated rings. The van der Waals surface area contributed by atoms with Gasteiger partial charge < -0.3 is 4.90 Å². The van der Waals surface area contributed by atoms with Gasteiger partial charge in [0.2, 0.25) is 10.9 Å². The molecular weight excluding hydrogens is 285 g/mol. The Morgan fingerprint density at radius 1 is 1.40 bits per heavy atom. The fourth-order valence-corrected chi connectivity index (χ4v) is 2.97. The Bertz CT molecular complexity index is 575. The molecule has 0 unspecified atom stereocenters. The molecule has 0 saturated heterocycles. The highest BCUT2D eigenvalue weighted by Gasteiger charge is 2.30. The van der Waals surface area contributed by atoms with Crippen molar-refractivity contribution < 1.29 is 17.6 Å². The number of carbonyl (C=O) groups excluding carboxylic acids is 1. The van der Waals surface area contributed by atoms with E-state index in [4.69, 9.17) is 0 Å². The van der Waals surface area contributed by atoms with Gasteiger partial charge in [0.15, 0.2) is 5.82 Å². The van der Waals surface area contributed by atoms with E-state index in [9.17, 15) is 17.6 Å². The quantitative estimate of drug-likeness (QED) is 0.776. The van der Waals surface area contributed by atoms with Crippen molar-refractivity contribution in [1.82, 2.24) is 14.2 Å². The highest BCUT2D eigenvalue weighted by atomic mass is 32.2. The van der Waals surface area contributed by atoms with E-state index in [2.05, 4.69) is 4.98 Å². The lowest BCUT2D eigenvalue weighted by Gasteiger charge is -2.22. The molecule has 0 aliphatic carbocycles. The monoisotopic (exact) mass is 303 g/mol. The van der Waals surface area contributed by atoms with E-state index in [0.29, 0.717) is 6.42 Å². The van der Waals surface area contributed by atoms with Gasteiger partial charge in [-0.25, -0.2) is 17.8 Å². The zero-order chi connectivity index (χ0) is 15.3. The average molecular weight is 303 g/mol. The minimum absolute atomic E-state index is 0.123. The lowest BCUT2D eigenvalue weighted by atomic mass is 10.4. The number of aromatic nitrogens is 1. The van der Waals surface area contributed by atoms with Gasteiger partial charge in [0.25, 0.3) is 10.0 Å². The lowest BCUT2D eigenvalue weighted by molar-refractivity contribution is -0.128. The SMILES string of the molecule is CCCN(CC(=O)N(C)C)S(=O)(=O)c1ncccc1F. The molecule has 1 amide bonds. The van der Waals surface area contributed by atoms with Gasteiger partial charge in [-0.3, -0.25) is 4.79 Å². The number of amides is 1. The summed E-state index contributed by atoms with van der Waals surface area (Å²) in [5.74, 6) is -1.30. The summed E-state index contributed by atoms with van der Waals surface area (Å²) >= 11 is 0. The highest BCUT2D eigenvalue weighted by Crippen LogP contribution is 2.16. The molecule has 0 N–H and O–H groups in total. The zero-order valence-corrected chi connectivity index (χ0v) is 12.5. The molecule has 0 aliphatic heterocycles. The van der Waals surface area contributed by atoms with Crippen molar-refractivity contribution in [2.24, 2.45) is 0 Å². The Balaban J connectivity index is 3.13. The van der Waals surface area contributed by atoms with Gasteiger partial charge in [0.1, 0.15) is 0 Å². The molecule has 0 saturated carbocycles. The molecule has 6 nitrogen and oxygen atoms in total. The van der Waals surface area contributed by atoms with Crippen molar-refractivity contribution in [2.45, 2.75) is 18.4 Å². The molecule has 0 aromatic carbocycles. The van der Waals surface area contributed by atoms with E-state index in [1.54, 1.807) is 6.92 Å². The summed E-state index contributed by atoms with van der Waals surface area (Å²) in [4.78, 5) is 16.6. The first-order valence-corrected chi connectivity index (χ1v) is 7.55. The van der Waals surface area contributed by atoms with Crippen LogP contribution in [0.1, 0.15) is 13.3 Å². The number of carbonyl (C=O) groups is 1. The van der Waals surface area contributed by atoms with Gasteiger partial charge in [0.05, 0.1) is 6.54 Å². The van der Waals surface area contributed by atoms with E-state index in [-0.39, 0.29) is 19.0 Å². The third kappa shape index (κ3) is 3.73. The Hall–Kier alpha value is -1.54. The summed E-state index contributed by atoms with van der Waals surface area (Å²) in [6.45, 7) is 1.56. The van der Waals surface area contributed by atoms with Crippen LogP contribution >= 0.6 is 0 Å². The number of hydrogen-bond donors (Lipinski definition) is 0. The molecule has 0 aliphatic rings. The van der Waals surface area contributed by atoms with E-state index in [0.717, 1.165) is 10.4 Å². The first-order chi connectivity index (χ1) is 9.30. The first kappa shape index (κ1) is 16.5. The Labute approximate surface area is 118 Å². The number of nitrogens with zero attached hydrogens (tertiary/aromatic N) is 3. The Kier molecular flexibility index (Phi) is 5.58. The minimum Gasteiger partial charge on any atom is -0.348 e. The third-order valence-corrected chi connectivity index (χ3v) is 4.37. The second kappa shape index (κ2) is 6.76. The standard InChI is InChI=1S/C12H18FN3O3S/c1-4-8-16(9-11(17)15(2)3)20(18,19)12-10(13)6-5-7-14-12/h5-7H,4,8-9H2,1-3H3. The van der Waals surface area contributed by atoms with Gasteiger partial charge in [-0.1, -0.05) is 6.92 Å². The van der Waals surface area contributed by atoms with E-state index < -0.39 is 20.9 Å². The van der Waals surface area contributed by atoms with Gasteiger partial charge in [-0.05, 0) is 18.6 Å². The normalized spacial score (nSPS) is 11.7. The average Bonchev–Trinajstić information content (AvgIpc) is 2.38. The second-order valence-electron chi connectivity index (χ2n) is 4.42. The Morgan fingerprint density at radius 2 is 2.05 bits per heavy atom. The van der Waals surface area contributed by atoms with Crippen LogP contribution < -0.4 is 0 Å². The summed E-state index contributed by atoms with van der Waals surface area (Å²) in [5, 5.41) is -0.653. The predicted octanol–water partition coefficient (Wildman–Crippen LogP) is 0.710. The van der Waals surface area contributed by atoms with Crippen LogP contribution in [0.4, 0.5) is 4.39 Å². The molecule has 112 valence electrons. The van der Waals surface area contributed by atoms with E-state index >= 15 is 0 Å². The first-order valence-electron chi connectivity index (χ1n) is 6.11. The molecule has 1 rings (SSSR count). The molecule has 20 heavy (non-hydrogen) atoms. The molecule has 0 atom stereocenters. The number of pyridine rings is 1. The van der Waals surface area contributed by atoms with Crippen molar-refractivity contribution in [1.29, 1.82) is 0 Å². The Morgan fingerprint density at radius 3 is 2.55 bits per heavy atom. The maximum atomic E-state index is 13.6. The van der Waals surface area contributed by atoms with Gasteiger partial charge in [0, 0.05) is 26.8 Å². The van der Waals surface area contributed by atoms with Gasteiger partial charge in [-0.15, -0.1) is 0 Å². The van der Waals surface area contributed by atoms with Crippen LogP contribution in [0.15, 0.2) is 23.4 Å². The van der Waals surface area contributed by atoms with Crippen molar-refractivity contribution in [2.75, 3.05) is 27.2 Å². The molecule has 8 heteroatoms. The zero-order valence-electron chi connectivity index (χ0n) is 11.7. The van der Waals surface area contributed by atoms with Gasteiger partial charge in [-0.2, -0.15) is 4.31 Å². The largest absolute Gasteiger partial charge is 0.348 e. The summed E-state index contributed by atoms with van der Waals surface area (Å²) < 4.78 is 39.3. The van der Waals surface area contributed by atoms with Crippen molar-refractivity contribution in [3.8, 4) is 0 Å². The minimum atomic E-state index is -4.12. The summed E-state index contributed by atoms with van der Waals surface area (Å²) in [7, 11) is -1.07. The topological polar surface area (TPSA) is 70.6 Å². The number of hydrogen-bond acceptors (Lipinski definition) is 4. The summed E-state index contributed by atoms with van der Waals surface area (Å²) in [5.41, 5.74) is 0. The van der Waals surface area contributed by atoms with Gasteiger partial charge >= 0.3 is 0 Å². The van der Waals surface area contributed by atoms with Crippen LogP contribution in [0, 0.1) is 5.82 Å². The second-order valence-corrected chi connectivity index (χ2v) is 6.27. The molecule has 1 aromatic heterocycles. The maximum absolute atomic E-state index is 13.6. The molecule has 0 bridgehead atoms. The van der Waals surface area contributed by atoms with Crippen LogP contribution in [0.25, 0.3) is 0 Å². The lowest BCUT2D eigenvalue weighted by Crippen LogP contribution is -2.41. The van der Waals surface area contributed by atoms with Crippen LogP contribution in [0.3, 0.4) is 0 Å². The third-order valence-electron chi connectivity index (χ3n) is 2.59. The molecule has 0 spiro atoms.